The van der Waals surface area contributed by atoms with Crippen molar-refractivity contribution >= 4 is 17.4 Å². The highest BCUT2D eigenvalue weighted by molar-refractivity contribution is 5.88. The van der Waals surface area contributed by atoms with Gasteiger partial charge in [0.05, 0.1) is 6.61 Å². The van der Waals surface area contributed by atoms with Gasteiger partial charge in [-0.25, -0.2) is 4.79 Å². The highest BCUT2D eigenvalue weighted by Gasteiger charge is 2.00. The number of primary amides is 1. The molecule has 0 aliphatic carbocycles. The third-order valence-corrected chi connectivity index (χ3v) is 3.51. The Kier molecular flexibility index (Phi) is 6.49. The van der Waals surface area contributed by atoms with Crippen LogP contribution in [0.15, 0.2) is 48.5 Å². The number of amides is 2. The third-order valence-electron chi connectivity index (χ3n) is 3.51. The summed E-state index contributed by atoms with van der Waals surface area (Å²) in [7, 11) is 0. The Hall–Kier alpha value is -2.69. The smallest absolute Gasteiger partial charge is 0.316 e. The largest absolute Gasteiger partial charge is 0.494 e. The van der Waals surface area contributed by atoms with Gasteiger partial charge in [0.1, 0.15) is 5.75 Å². The molecule has 0 spiro atoms. The van der Waals surface area contributed by atoms with E-state index < -0.39 is 6.03 Å². The van der Waals surface area contributed by atoms with E-state index in [2.05, 4.69) is 24.5 Å². The first kappa shape index (κ1) is 17.7. The Bertz CT molecular complexity index is 654. The van der Waals surface area contributed by atoms with Crippen LogP contribution < -0.4 is 21.1 Å². The van der Waals surface area contributed by atoms with Gasteiger partial charge < -0.3 is 21.1 Å². The molecule has 0 fully saturated rings. The quantitative estimate of drug-likeness (QED) is 0.679. The Morgan fingerprint density at radius 1 is 1.12 bits per heavy atom. The Balaban J connectivity index is 1.84. The molecule has 0 aromatic heterocycles. The fraction of sp³-hybridized carbons (Fsp3) is 0.316. The molecule has 2 aromatic carbocycles. The molecule has 0 saturated carbocycles. The number of ether oxygens (including phenoxy) is 1. The van der Waals surface area contributed by atoms with Gasteiger partial charge >= 0.3 is 6.03 Å². The van der Waals surface area contributed by atoms with Crippen LogP contribution in [0.4, 0.5) is 16.2 Å². The molecule has 0 bridgehead atoms. The fourth-order valence-corrected chi connectivity index (χ4v) is 2.17. The minimum Gasteiger partial charge on any atom is -0.494 e. The molecule has 0 heterocycles. The van der Waals surface area contributed by atoms with Gasteiger partial charge in [0.15, 0.2) is 0 Å². The van der Waals surface area contributed by atoms with Crippen molar-refractivity contribution in [2.24, 2.45) is 11.7 Å². The summed E-state index contributed by atoms with van der Waals surface area (Å²) in [5.41, 5.74) is 7.86. The first-order valence-corrected chi connectivity index (χ1v) is 8.15. The van der Waals surface area contributed by atoms with Gasteiger partial charge in [0, 0.05) is 17.9 Å². The second kappa shape index (κ2) is 8.82. The summed E-state index contributed by atoms with van der Waals surface area (Å²) in [6, 6.07) is 14.9. The molecule has 4 N–H and O–H groups in total. The fourth-order valence-electron chi connectivity index (χ4n) is 2.17. The number of urea groups is 1. The first-order valence-electron chi connectivity index (χ1n) is 8.15. The van der Waals surface area contributed by atoms with Crippen LogP contribution in [-0.2, 0) is 6.54 Å². The normalized spacial score (nSPS) is 10.5. The molecule has 128 valence electrons. The van der Waals surface area contributed by atoms with Crippen molar-refractivity contribution in [2.45, 2.75) is 26.8 Å². The molecule has 5 nitrogen and oxygen atoms in total. The second-order valence-electron chi connectivity index (χ2n) is 6.10. The maximum Gasteiger partial charge on any atom is 0.316 e. The van der Waals surface area contributed by atoms with Crippen molar-refractivity contribution in [3.63, 3.8) is 0 Å². The summed E-state index contributed by atoms with van der Waals surface area (Å²) in [4.78, 5) is 10.9. The van der Waals surface area contributed by atoms with Crippen LogP contribution in [0, 0.1) is 5.92 Å². The summed E-state index contributed by atoms with van der Waals surface area (Å²) in [5.74, 6) is 1.54. The van der Waals surface area contributed by atoms with E-state index in [9.17, 15) is 4.79 Å². The molecule has 0 aliphatic heterocycles. The average Bonchev–Trinajstić information content (AvgIpc) is 2.53. The molecule has 2 amide bonds. The first-order chi connectivity index (χ1) is 11.5. The third kappa shape index (κ3) is 6.20. The van der Waals surface area contributed by atoms with Gasteiger partial charge in [0.2, 0.25) is 0 Å². The predicted octanol–water partition coefficient (Wildman–Crippen LogP) is 4.21. The van der Waals surface area contributed by atoms with Crippen LogP contribution in [0.3, 0.4) is 0 Å². The van der Waals surface area contributed by atoms with E-state index in [0.717, 1.165) is 30.0 Å². The van der Waals surface area contributed by atoms with Gasteiger partial charge in [-0.3, -0.25) is 0 Å². The lowest BCUT2D eigenvalue weighted by Crippen LogP contribution is -2.19. The number of nitrogens with one attached hydrogen (secondary N) is 2. The van der Waals surface area contributed by atoms with E-state index in [4.69, 9.17) is 10.5 Å². The lowest BCUT2D eigenvalue weighted by molar-refractivity contribution is 0.259. The van der Waals surface area contributed by atoms with E-state index in [1.807, 2.05) is 42.5 Å². The van der Waals surface area contributed by atoms with Gasteiger partial charge in [-0.1, -0.05) is 32.0 Å². The van der Waals surface area contributed by atoms with E-state index in [1.165, 1.54) is 0 Å². The number of rotatable bonds is 8. The van der Waals surface area contributed by atoms with E-state index >= 15 is 0 Å². The monoisotopic (exact) mass is 327 g/mol. The van der Waals surface area contributed by atoms with Crippen molar-refractivity contribution in [3.05, 3.63) is 54.1 Å². The molecule has 0 aliphatic rings. The average molecular weight is 327 g/mol. The zero-order chi connectivity index (χ0) is 17.4. The van der Waals surface area contributed by atoms with Gasteiger partial charge in [-0.05, 0) is 48.2 Å². The molecule has 0 radical (unpaired) electrons. The molecule has 5 heteroatoms. The zero-order valence-corrected chi connectivity index (χ0v) is 14.2. The Morgan fingerprint density at radius 3 is 2.50 bits per heavy atom. The molecular weight excluding hydrogens is 302 g/mol. The molecule has 24 heavy (non-hydrogen) atoms. The standard InChI is InChI=1S/C19H25N3O2/c1-14(2)10-11-24-18-8-6-15(7-9-18)13-21-16-4-3-5-17(12-16)22-19(20)23/h3-9,12,14,21H,10-11,13H2,1-2H3,(H3,20,22,23). The molecule has 0 unspecified atom stereocenters. The van der Waals surface area contributed by atoms with Crippen molar-refractivity contribution < 1.29 is 9.53 Å². The lowest BCUT2D eigenvalue weighted by atomic mass is 10.1. The van der Waals surface area contributed by atoms with E-state index in [0.29, 0.717) is 18.2 Å². The number of nitrogens with two attached hydrogens (primary N) is 1. The lowest BCUT2D eigenvalue weighted by Gasteiger charge is -2.10. The molecule has 2 rings (SSSR count). The van der Waals surface area contributed by atoms with Gasteiger partial charge in [-0.15, -0.1) is 0 Å². The Morgan fingerprint density at radius 2 is 1.83 bits per heavy atom. The van der Waals surface area contributed by atoms with Gasteiger partial charge in [0.25, 0.3) is 0 Å². The van der Waals surface area contributed by atoms with Crippen molar-refractivity contribution in [2.75, 3.05) is 17.2 Å². The summed E-state index contributed by atoms with van der Waals surface area (Å²) in [6.07, 6.45) is 1.05. The number of hydrogen-bond acceptors (Lipinski definition) is 3. The minimum absolute atomic E-state index is 0.569. The summed E-state index contributed by atoms with van der Waals surface area (Å²) >= 11 is 0. The number of hydrogen-bond donors (Lipinski definition) is 3. The maximum absolute atomic E-state index is 10.9. The second-order valence-corrected chi connectivity index (χ2v) is 6.10. The molecule has 0 atom stereocenters. The van der Waals surface area contributed by atoms with Gasteiger partial charge in [-0.2, -0.15) is 0 Å². The SMILES string of the molecule is CC(C)CCOc1ccc(CNc2cccc(NC(N)=O)c2)cc1. The number of carbonyl (C=O) groups excluding carboxylic acids is 1. The van der Waals surface area contributed by atoms with Crippen molar-refractivity contribution in [3.8, 4) is 5.75 Å². The Labute approximate surface area is 143 Å². The summed E-state index contributed by atoms with van der Waals surface area (Å²) < 4.78 is 5.71. The zero-order valence-electron chi connectivity index (χ0n) is 14.2. The number of anilines is 2. The summed E-state index contributed by atoms with van der Waals surface area (Å²) in [6.45, 7) is 5.80. The van der Waals surface area contributed by atoms with E-state index in [1.54, 1.807) is 6.07 Å². The molecule has 2 aromatic rings. The highest BCUT2D eigenvalue weighted by Crippen LogP contribution is 2.17. The van der Waals surface area contributed by atoms with Crippen LogP contribution >= 0.6 is 0 Å². The maximum atomic E-state index is 10.9. The van der Waals surface area contributed by atoms with Crippen molar-refractivity contribution in [1.82, 2.24) is 0 Å². The van der Waals surface area contributed by atoms with Crippen LogP contribution in [-0.4, -0.2) is 12.6 Å². The van der Waals surface area contributed by atoms with Crippen LogP contribution in [0.1, 0.15) is 25.8 Å². The number of carbonyl (C=O) groups is 1. The van der Waals surface area contributed by atoms with Crippen LogP contribution in [0.5, 0.6) is 5.75 Å². The summed E-state index contributed by atoms with van der Waals surface area (Å²) in [5, 5.41) is 5.88. The topological polar surface area (TPSA) is 76.4 Å². The van der Waals surface area contributed by atoms with E-state index in [-0.39, 0.29) is 0 Å². The van der Waals surface area contributed by atoms with Crippen LogP contribution in [0.2, 0.25) is 0 Å². The minimum atomic E-state index is -0.569. The molecule has 0 saturated heterocycles. The number of benzene rings is 2. The predicted molar refractivity (Wildman–Crippen MR) is 98.4 cm³/mol. The van der Waals surface area contributed by atoms with Crippen LogP contribution in [0.25, 0.3) is 0 Å². The van der Waals surface area contributed by atoms with Crippen molar-refractivity contribution in [1.29, 1.82) is 0 Å². The molecular formula is C19H25N3O2. The highest BCUT2D eigenvalue weighted by atomic mass is 16.5.